The Morgan fingerprint density at radius 3 is 1.46 bits per heavy atom. The van der Waals surface area contributed by atoms with Gasteiger partial charge in [0.05, 0.1) is 124 Å². The second-order valence-electron chi connectivity index (χ2n) is 10.8. The van der Waals surface area contributed by atoms with Crippen LogP contribution < -0.4 is 16.4 Å². The van der Waals surface area contributed by atoms with Gasteiger partial charge >= 0.3 is 6.03 Å². The molecular formula is C31H59N3O11S. The molecule has 3 atom stereocenters. The fourth-order valence-corrected chi connectivity index (χ4v) is 6.30. The Bertz CT molecular complexity index is 744. The molecule has 15 heteroatoms. The van der Waals surface area contributed by atoms with E-state index in [-0.39, 0.29) is 18.1 Å². The van der Waals surface area contributed by atoms with Crippen LogP contribution in [0.2, 0.25) is 0 Å². The number of rotatable bonds is 35. The number of amides is 2. The van der Waals surface area contributed by atoms with Crippen molar-refractivity contribution in [1.29, 1.82) is 0 Å². The number of carbonyl (C=O) groups is 2. The summed E-state index contributed by atoms with van der Waals surface area (Å²) in [4.78, 5) is 23.6. The highest BCUT2D eigenvalue weighted by Crippen LogP contribution is 2.33. The van der Waals surface area contributed by atoms with Gasteiger partial charge in [0.25, 0.3) is 0 Å². The summed E-state index contributed by atoms with van der Waals surface area (Å²) in [5.41, 5.74) is 5.33. The zero-order chi connectivity index (χ0) is 32.8. The van der Waals surface area contributed by atoms with Crippen LogP contribution in [0.3, 0.4) is 0 Å². The van der Waals surface area contributed by atoms with E-state index in [4.69, 9.17) is 48.4 Å². The molecule has 2 rings (SSSR count). The molecule has 0 aromatic heterocycles. The average molecular weight is 682 g/mol. The van der Waals surface area contributed by atoms with Crippen LogP contribution in [0.4, 0.5) is 4.79 Å². The van der Waals surface area contributed by atoms with Crippen LogP contribution >= 0.6 is 11.8 Å². The van der Waals surface area contributed by atoms with Gasteiger partial charge in [-0.25, -0.2) is 4.79 Å². The Morgan fingerprint density at radius 2 is 1.00 bits per heavy atom. The Kier molecular flexibility index (Phi) is 26.8. The SMILES string of the molecule is NCCOCCOCCOCCOCCOCCOCCOCCOCCOCCCC(=O)CCCC[C@@H]1SC[C@@H]2NC(=O)N[C@@H]21. The van der Waals surface area contributed by atoms with Crippen LogP contribution in [-0.4, -0.2) is 160 Å². The fraction of sp³-hybridized carbons (Fsp3) is 0.935. The van der Waals surface area contributed by atoms with E-state index in [0.717, 1.165) is 31.4 Å². The van der Waals surface area contributed by atoms with E-state index in [1.807, 2.05) is 11.8 Å². The minimum atomic E-state index is -0.0492. The smallest absolute Gasteiger partial charge is 0.315 e. The lowest BCUT2D eigenvalue weighted by Gasteiger charge is -2.16. The van der Waals surface area contributed by atoms with Gasteiger partial charge in [-0.1, -0.05) is 6.42 Å². The summed E-state index contributed by atoms with van der Waals surface area (Å²) in [6.07, 6.45) is 4.88. The highest BCUT2D eigenvalue weighted by Gasteiger charge is 2.42. The number of ether oxygens (including phenoxy) is 9. The number of fused-ring (bicyclic) bond motifs is 1. The van der Waals surface area contributed by atoms with Crippen LogP contribution in [0.1, 0.15) is 38.5 Å². The largest absolute Gasteiger partial charge is 0.379 e. The van der Waals surface area contributed by atoms with Gasteiger partial charge in [-0.05, 0) is 19.3 Å². The summed E-state index contributed by atoms with van der Waals surface area (Å²) in [6, 6.07) is 0.452. The third-order valence-electron chi connectivity index (χ3n) is 7.11. The van der Waals surface area contributed by atoms with Crippen molar-refractivity contribution >= 4 is 23.6 Å². The first-order valence-corrected chi connectivity index (χ1v) is 17.9. The van der Waals surface area contributed by atoms with Crippen LogP contribution in [0.15, 0.2) is 0 Å². The summed E-state index contributed by atoms with van der Waals surface area (Å²) in [5, 5.41) is 6.44. The molecule has 0 aromatic rings. The molecule has 2 aliphatic rings. The first kappa shape index (κ1) is 41.1. The van der Waals surface area contributed by atoms with E-state index in [1.54, 1.807) is 0 Å². The summed E-state index contributed by atoms with van der Waals surface area (Å²) < 4.78 is 49.0. The molecule has 0 saturated carbocycles. The van der Waals surface area contributed by atoms with Crippen molar-refractivity contribution in [3.63, 3.8) is 0 Å². The maximum atomic E-state index is 12.1. The average Bonchev–Trinajstić information content (AvgIpc) is 3.61. The Balaban J connectivity index is 1.17. The standard InChI is InChI=1S/C31H59N3O11S/c32-7-9-38-11-13-40-15-17-42-19-21-44-23-25-45-24-22-43-20-18-41-16-14-39-12-10-37-8-3-5-27(35)4-1-2-6-29-30-28(26-46-29)33-31(36)34-30/h28-30H,1-26,32H2,(H2,33,34,36)/t28-,29-,30-/m0/s1. The molecule has 0 bridgehead atoms. The summed E-state index contributed by atoms with van der Waals surface area (Å²) in [5.74, 6) is 1.27. The molecule has 0 radical (unpaired) electrons. The van der Waals surface area contributed by atoms with Crippen LogP contribution in [0.25, 0.3) is 0 Å². The van der Waals surface area contributed by atoms with Crippen molar-refractivity contribution in [2.45, 2.75) is 55.9 Å². The van der Waals surface area contributed by atoms with Crippen molar-refractivity contribution in [3.8, 4) is 0 Å². The lowest BCUT2D eigenvalue weighted by Crippen LogP contribution is -2.36. The monoisotopic (exact) mass is 681 g/mol. The fourth-order valence-electron chi connectivity index (χ4n) is 4.75. The van der Waals surface area contributed by atoms with E-state index in [1.165, 1.54) is 0 Å². The zero-order valence-electron chi connectivity index (χ0n) is 27.6. The second-order valence-corrected chi connectivity index (χ2v) is 12.1. The number of thioether (sulfide) groups is 1. The molecule has 270 valence electrons. The minimum absolute atomic E-state index is 0.0492. The quantitative estimate of drug-likeness (QED) is 0.0645. The third kappa shape index (κ3) is 22.5. The molecule has 0 aromatic carbocycles. The predicted octanol–water partition coefficient (Wildman–Crippen LogP) is 1.17. The van der Waals surface area contributed by atoms with Crippen molar-refractivity contribution in [2.24, 2.45) is 5.73 Å². The van der Waals surface area contributed by atoms with E-state index in [2.05, 4.69) is 10.6 Å². The first-order valence-electron chi connectivity index (χ1n) is 16.8. The number of hydrogen-bond donors (Lipinski definition) is 3. The van der Waals surface area contributed by atoms with Gasteiger partial charge in [-0.15, -0.1) is 0 Å². The molecule has 2 fully saturated rings. The van der Waals surface area contributed by atoms with Gasteiger partial charge < -0.3 is 59.0 Å². The molecule has 4 N–H and O–H groups in total. The van der Waals surface area contributed by atoms with Crippen LogP contribution in [0, 0.1) is 0 Å². The minimum Gasteiger partial charge on any atom is -0.379 e. The molecule has 0 aliphatic carbocycles. The molecule has 14 nitrogen and oxygen atoms in total. The van der Waals surface area contributed by atoms with Crippen LogP contribution in [0.5, 0.6) is 0 Å². The summed E-state index contributed by atoms with van der Waals surface area (Å²) in [7, 11) is 0. The number of nitrogens with one attached hydrogen (secondary N) is 2. The predicted molar refractivity (Wildman–Crippen MR) is 175 cm³/mol. The number of unbranched alkanes of at least 4 members (excludes halogenated alkanes) is 1. The number of ketones is 1. The normalized spacial score (nSPS) is 19.0. The molecule has 0 unspecified atom stereocenters. The van der Waals surface area contributed by atoms with Crippen molar-refractivity contribution in [2.75, 3.05) is 131 Å². The zero-order valence-corrected chi connectivity index (χ0v) is 28.4. The summed E-state index contributed by atoms with van der Waals surface area (Å²) in [6.45, 7) is 9.85. The Morgan fingerprint density at radius 1 is 0.587 bits per heavy atom. The Labute approximate surface area is 279 Å². The molecule has 2 saturated heterocycles. The van der Waals surface area contributed by atoms with E-state index in [9.17, 15) is 9.59 Å². The first-order chi connectivity index (χ1) is 22.7. The third-order valence-corrected chi connectivity index (χ3v) is 8.62. The number of Topliss-reactive ketones (excluding diaryl/α,β-unsaturated/α-hetero) is 1. The lowest BCUT2D eigenvalue weighted by atomic mass is 10.0. The Hall–Kier alpha value is -1.11. The highest BCUT2D eigenvalue weighted by atomic mass is 32.2. The maximum absolute atomic E-state index is 12.1. The van der Waals surface area contributed by atoms with E-state index < -0.39 is 0 Å². The lowest BCUT2D eigenvalue weighted by molar-refractivity contribution is -0.119. The van der Waals surface area contributed by atoms with Gasteiger partial charge in [0.2, 0.25) is 0 Å². The molecule has 2 heterocycles. The van der Waals surface area contributed by atoms with Gasteiger partial charge in [0.15, 0.2) is 0 Å². The number of urea groups is 1. The van der Waals surface area contributed by atoms with Crippen molar-refractivity contribution in [1.82, 2.24) is 10.6 Å². The number of hydrogen-bond acceptors (Lipinski definition) is 13. The molecule has 0 spiro atoms. The van der Waals surface area contributed by atoms with Crippen molar-refractivity contribution in [3.05, 3.63) is 0 Å². The summed E-state index contributed by atoms with van der Waals surface area (Å²) >= 11 is 1.92. The topological polar surface area (TPSA) is 167 Å². The molecule has 2 amide bonds. The second kappa shape index (κ2) is 30.0. The molecular weight excluding hydrogens is 622 g/mol. The van der Waals surface area contributed by atoms with Gasteiger partial charge in [-0.2, -0.15) is 11.8 Å². The number of nitrogens with two attached hydrogens (primary N) is 1. The van der Waals surface area contributed by atoms with Gasteiger partial charge in [0, 0.05) is 37.0 Å². The van der Waals surface area contributed by atoms with Gasteiger partial charge in [-0.3, -0.25) is 4.79 Å². The van der Waals surface area contributed by atoms with E-state index >= 15 is 0 Å². The van der Waals surface area contributed by atoms with Crippen molar-refractivity contribution < 1.29 is 52.2 Å². The van der Waals surface area contributed by atoms with E-state index in [0.29, 0.717) is 149 Å². The molecule has 2 aliphatic heterocycles. The molecule has 46 heavy (non-hydrogen) atoms. The maximum Gasteiger partial charge on any atom is 0.315 e. The highest BCUT2D eigenvalue weighted by molar-refractivity contribution is 8.00. The van der Waals surface area contributed by atoms with Crippen LogP contribution in [-0.2, 0) is 47.4 Å². The van der Waals surface area contributed by atoms with Gasteiger partial charge in [0.1, 0.15) is 5.78 Å². The number of carbonyl (C=O) groups excluding carboxylic acids is 2.